The summed E-state index contributed by atoms with van der Waals surface area (Å²) < 4.78 is 11.4. The van der Waals surface area contributed by atoms with E-state index in [1.54, 1.807) is 24.5 Å². The lowest BCUT2D eigenvalue weighted by molar-refractivity contribution is 0.473. The third kappa shape index (κ3) is 3.44. The molecule has 2 aromatic rings. The lowest BCUT2D eigenvalue weighted by Crippen LogP contribution is -2.18. The molecule has 2 N–H and O–H groups in total. The third-order valence-electron chi connectivity index (χ3n) is 2.56. The first kappa shape index (κ1) is 12.8. The number of nitrogens with one attached hydrogen (secondary N) is 1. The highest BCUT2D eigenvalue weighted by Crippen LogP contribution is 2.34. The zero-order valence-corrected chi connectivity index (χ0v) is 10.6. The van der Waals surface area contributed by atoms with Gasteiger partial charge in [0.1, 0.15) is 0 Å². The van der Waals surface area contributed by atoms with Crippen LogP contribution in [0.1, 0.15) is 16.9 Å². The standard InChI is InChI=1S/C13H13N2O2P/c16-18(17)13(12-7-4-8-14-10-12)15-9-11-5-2-1-3-6-11/h1-8,10,13,15H,9H2/p+1. The highest BCUT2D eigenvalue weighted by Gasteiger charge is 2.30. The van der Waals surface area contributed by atoms with Crippen LogP contribution in [0.4, 0.5) is 0 Å². The normalized spacial score (nSPS) is 13.1. The second kappa shape index (κ2) is 6.36. The van der Waals surface area contributed by atoms with Crippen LogP contribution in [0.2, 0.25) is 0 Å². The Hall–Kier alpha value is -1.61. The average molecular weight is 261 g/mol. The van der Waals surface area contributed by atoms with Crippen LogP contribution in [0.3, 0.4) is 0 Å². The summed E-state index contributed by atoms with van der Waals surface area (Å²) in [5.74, 6) is -0.589. The molecule has 2 atom stereocenters. The molecule has 1 aromatic carbocycles. The van der Waals surface area contributed by atoms with Gasteiger partial charge in [0.2, 0.25) is 0 Å². The first-order chi connectivity index (χ1) is 8.77. The van der Waals surface area contributed by atoms with E-state index in [9.17, 15) is 9.46 Å². The number of pyridine rings is 1. The fourth-order valence-electron chi connectivity index (χ4n) is 1.67. The molecule has 0 radical (unpaired) electrons. The van der Waals surface area contributed by atoms with Gasteiger partial charge in [0.05, 0.1) is 0 Å². The van der Waals surface area contributed by atoms with Crippen molar-refractivity contribution < 1.29 is 9.46 Å². The molecule has 1 heterocycles. The van der Waals surface area contributed by atoms with Crippen molar-refractivity contribution in [1.82, 2.24) is 10.3 Å². The van der Waals surface area contributed by atoms with Crippen LogP contribution in [-0.2, 0) is 11.1 Å². The number of hydrogen-bond donors (Lipinski definition) is 2. The van der Waals surface area contributed by atoms with Crippen LogP contribution >= 0.6 is 8.03 Å². The zero-order chi connectivity index (χ0) is 12.8. The summed E-state index contributed by atoms with van der Waals surface area (Å²) >= 11 is 0. The molecule has 0 fully saturated rings. The number of rotatable bonds is 5. The Morgan fingerprint density at radius 2 is 2.00 bits per heavy atom. The van der Waals surface area contributed by atoms with Gasteiger partial charge in [0.15, 0.2) is 0 Å². The van der Waals surface area contributed by atoms with Crippen molar-refractivity contribution in [1.29, 1.82) is 0 Å². The molecule has 0 amide bonds. The van der Waals surface area contributed by atoms with E-state index in [0.29, 0.717) is 6.54 Å². The predicted octanol–water partition coefficient (Wildman–Crippen LogP) is 2.60. The van der Waals surface area contributed by atoms with E-state index in [2.05, 4.69) is 10.3 Å². The molecule has 0 bridgehead atoms. The van der Waals surface area contributed by atoms with E-state index in [1.165, 1.54) is 0 Å². The molecule has 2 unspecified atom stereocenters. The molecule has 0 aliphatic rings. The Morgan fingerprint density at radius 1 is 1.22 bits per heavy atom. The van der Waals surface area contributed by atoms with Gasteiger partial charge < -0.3 is 0 Å². The van der Waals surface area contributed by atoms with E-state index < -0.39 is 13.8 Å². The lowest BCUT2D eigenvalue weighted by Gasteiger charge is -2.07. The molecule has 0 aliphatic carbocycles. The Balaban J connectivity index is 2.06. The second-order valence-electron chi connectivity index (χ2n) is 3.86. The van der Waals surface area contributed by atoms with Gasteiger partial charge in [0, 0.05) is 24.5 Å². The minimum Gasteiger partial charge on any atom is -0.264 e. The van der Waals surface area contributed by atoms with Crippen molar-refractivity contribution in [3.63, 3.8) is 0 Å². The van der Waals surface area contributed by atoms with Crippen LogP contribution in [0, 0.1) is 0 Å². The van der Waals surface area contributed by atoms with E-state index in [4.69, 9.17) is 0 Å². The highest BCUT2D eigenvalue weighted by atomic mass is 31.1. The van der Waals surface area contributed by atoms with E-state index in [1.807, 2.05) is 30.3 Å². The van der Waals surface area contributed by atoms with E-state index in [0.717, 1.165) is 11.1 Å². The molecule has 0 spiro atoms. The van der Waals surface area contributed by atoms with Crippen molar-refractivity contribution in [3.8, 4) is 0 Å². The fraction of sp³-hybridized carbons (Fsp3) is 0.154. The minimum absolute atomic E-state index is 0.544. The molecule has 1 aromatic heterocycles. The molecule has 5 heteroatoms. The second-order valence-corrected chi connectivity index (χ2v) is 4.98. The van der Waals surface area contributed by atoms with Crippen LogP contribution in [0.25, 0.3) is 0 Å². The summed E-state index contributed by atoms with van der Waals surface area (Å²) in [6.45, 7) is 0.544. The predicted molar refractivity (Wildman–Crippen MR) is 70.1 cm³/mol. The maximum atomic E-state index is 11.4. The number of benzene rings is 1. The summed E-state index contributed by atoms with van der Waals surface area (Å²) in [5, 5.41) is 3.08. The average Bonchev–Trinajstić information content (AvgIpc) is 2.41. The van der Waals surface area contributed by atoms with Crippen molar-refractivity contribution >= 4 is 8.03 Å². The number of aromatic nitrogens is 1. The van der Waals surface area contributed by atoms with Gasteiger partial charge in [-0.2, -0.15) is 4.89 Å². The minimum atomic E-state index is -2.34. The summed E-state index contributed by atoms with van der Waals surface area (Å²) in [6.07, 6.45) is 3.24. The largest absolute Gasteiger partial charge is 0.529 e. The molecular formula is C13H14N2O2P+. The van der Waals surface area contributed by atoms with Crippen LogP contribution in [0.5, 0.6) is 0 Å². The first-order valence-electron chi connectivity index (χ1n) is 5.60. The van der Waals surface area contributed by atoms with Crippen LogP contribution in [-0.4, -0.2) is 9.88 Å². The van der Waals surface area contributed by atoms with Crippen molar-refractivity contribution in [2.45, 2.75) is 12.3 Å². The highest BCUT2D eigenvalue weighted by molar-refractivity contribution is 7.38. The van der Waals surface area contributed by atoms with Gasteiger partial charge in [-0.15, -0.1) is 0 Å². The summed E-state index contributed by atoms with van der Waals surface area (Å²) in [6, 6.07) is 13.3. The van der Waals surface area contributed by atoms with Gasteiger partial charge in [0.25, 0.3) is 5.78 Å². The lowest BCUT2D eigenvalue weighted by atomic mass is 10.2. The Labute approximate surface area is 107 Å². The quantitative estimate of drug-likeness (QED) is 0.812. The monoisotopic (exact) mass is 261 g/mol. The van der Waals surface area contributed by atoms with Crippen LogP contribution < -0.4 is 5.32 Å². The maximum Gasteiger partial charge on any atom is 0.529 e. The van der Waals surface area contributed by atoms with E-state index >= 15 is 0 Å². The Kier molecular flexibility index (Phi) is 4.53. The molecule has 0 saturated heterocycles. The topological polar surface area (TPSA) is 62.2 Å². The third-order valence-corrected chi connectivity index (χ3v) is 3.49. The van der Waals surface area contributed by atoms with Crippen molar-refractivity contribution in [2.75, 3.05) is 0 Å². The molecule has 0 aliphatic heterocycles. The van der Waals surface area contributed by atoms with Crippen molar-refractivity contribution in [3.05, 3.63) is 66.0 Å². The van der Waals surface area contributed by atoms with Gasteiger partial charge in [-0.3, -0.25) is 10.3 Å². The molecule has 92 valence electrons. The molecule has 18 heavy (non-hydrogen) atoms. The van der Waals surface area contributed by atoms with Gasteiger partial charge in [-0.25, -0.2) is 0 Å². The van der Waals surface area contributed by atoms with Crippen molar-refractivity contribution in [2.24, 2.45) is 0 Å². The van der Waals surface area contributed by atoms with Gasteiger partial charge >= 0.3 is 8.03 Å². The van der Waals surface area contributed by atoms with Gasteiger partial charge in [-0.05, 0) is 22.3 Å². The fourth-order valence-corrected chi connectivity index (χ4v) is 2.33. The smallest absolute Gasteiger partial charge is 0.264 e. The molecule has 2 rings (SSSR count). The molecular weight excluding hydrogens is 247 g/mol. The number of nitrogens with zero attached hydrogens (tertiary/aromatic N) is 1. The zero-order valence-electron chi connectivity index (χ0n) is 9.73. The molecule has 0 saturated carbocycles. The first-order valence-corrected chi connectivity index (χ1v) is 6.88. The molecule has 4 nitrogen and oxygen atoms in total. The SMILES string of the molecule is O=[P+](O)C(NCc1ccccc1)c1cccnc1. The summed E-state index contributed by atoms with van der Waals surface area (Å²) in [4.78, 5) is 13.3. The van der Waals surface area contributed by atoms with Gasteiger partial charge in [-0.1, -0.05) is 30.3 Å². The Bertz CT molecular complexity index is 505. The summed E-state index contributed by atoms with van der Waals surface area (Å²) in [7, 11) is -2.34. The van der Waals surface area contributed by atoms with Crippen LogP contribution in [0.15, 0.2) is 54.9 Å². The Morgan fingerprint density at radius 3 is 2.61 bits per heavy atom. The maximum absolute atomic E-state index is 11.4. The van der Waals surface area contributed by atoms with E-state index in [-0.39, 0.29) is 0 Å². The number of hydrogen-bond acceptors (Lipinski definition) is 3. The summed E-state index contributed by atoms with van der Waals surface area (Å²) in [5.41, 5.74) is 1.79.